The molecule has 8 rings (SSSR count). The van der Waals surface area contributed by atoms with E-state index in [2.05, 4.69) is 38.2 Å². The van der Waals surface area contributed by atoms with Crippen molar-refractivity contribution in [2.45, 2.75) is 184 Å². The van der Waals surface area contributed by atoms with Gasteiger partial charge >= 0.3 is 0 Å². The number of fused-ring (bicyclic) bond motifs is 3. The first kappa shape index (κ1) is 41.5. The fraction of sp³-hybridized carbons (Fsp3) is 0.891. The Balaban J connectivity index is 1.13. The highest BCUT2D eigenvalue weighted by molar-refractivity contribution is 5.95. The second-order valence-electron chi connectivity index (χ2n) is 21.1. The van der Waals surface area contributed by atoms with E-state index in [9.17, 15) is 35.4 Å². The van der Waals surface area contributed by atoms with Crippen LogP contribution < -0.4 is 11.1 Å². The highest BCUT2D eigenvalue weighted by Crippen LogP contribution is 2.72. The maximum Gasteiger partial charge on any atom is 0.159 e. The lowest BCUT2D eigenvalue weighted by Crippen LogP contribution is -3.00. The van der Waals surface area contributed by atoms with Gasteiger partial charge in [0.25, 0.3) is 0 Å². The number of carbonyl (C=O) groups is 1. The molecule has 8 aliphatic rings. The minimum Gasteiger partial charge on any atom is -0.396 e. The molecule has 2 heterocycles. The zero-order valence-corrected chi connectivity index (χ0v) is 34.6. The van der Waals surface area contributed by atoms with Crippen LogP contribution in [0.15, 0.2) is 23.8 Å². The van der Waals surface area contributed by atoms with Crippen molar-refractivity contribution < 1.29 is 45.5 Å². The first-order valence-corrected chi connectivity index (χ1v) is 22.9. The van der Waals surface area contributed by atoms with Gasteiger partial charge in [0.15, 0.2) is 5.78 Å². The molecule has 0 aromatic rings. The molecule has 20 unspecified atom stereocenters. The molecule has 0 radical (unpaired) electrons. The summed E-state index contributed by atoms with van der Waals surface area (Å²) in [5, 5.41) is 72.9. The molecule has 56 heavy (non-hydrogen) atoms. The molecular formula is C46H75N2O8+. The Labute approximate surface area is 335 Å². The van der Waals surface area contributed by atoms with E-state index in [0.29, 0.717) is 44.4 Å². The molecule has 2 saturated heterocycles. The van der Waals surface area contributed by atoms with Gasteiger partial charge in [0, 0.05) is 36.7 Å². The van der Waals surface area contributed by atoms with E-state index >= 15 is 0 Å². The van der Waals surface area contributed by atoms with E-state index in [1.807, 2.05) is 0 Å². The van der Waals surface area contributed by atoms with Crippen molar-refractivity contribution in [1.29, 1.82) is 0 Å². The lowest BCUT2D eigenvalue weighted by molar-refractivity contribution is -0.738. The summed E-state index contributed by atoms with van der Waals surface area (Å²) in [7, 11) is 0. The number of hydrogen-bond donors (Lipinski definition) is 8. The normalized spacial score (nSPS) is 51.7. The average molecular weight is 784 g/mol. The number of allylic oxidation sites excluding steroid dienone is 3. The molecule has 0 bridgehead atoms. The number of aliphatic hydroxyl groups excluding tert-OH is 4. The average Bonchev–Trinajstić information content (AvgIpc) is 3.45. The Morgan fingerprint density at radius 3 is 2.48 bits per heavy atom. The topological polar surface area (TPSA) is 190 Å². The zero-order chi connectivity index (χ0) is 39.9. The number of quaternary nitrogens is 1. The fourth-order valence-corrected chi connectivity index (χ4v) is 15.6. The van der Waals surface area contributed by atoms with Gasteiger partial charge in [-0.3, -0.25) is 10.5 Å². The quantitative estimate of drug-likeness (QED) is 0.162. The third kappa shape index (κ3) is 6.48. The van der Waals surface area contributed by atoms with Gasteiger partial charge in [-0.2, -0.15) is 0 Å². The van der Waals surface area contributed by atoms with Crippen molar-refractivity contribution in [3.63, 3.8) is 0 Å². The molecule has 20 atom stereocenters. The minimum absolute atomic E-state index is 0.00797. The predicted octanol–water partition coefficient (Wildman–Crippen LogP) is 3.49. The van der Waals surface area contributed by atoms with Crippen LogP contribution in [0, 0.1) is 64.1 Å². The minimum atomic E-state index is -1.56. The summed E-state index contributed by atoms with van der Waals surface area (Å²) < 4.78 is 6.75. The van der Waals surface area contributed by atoms with E-state index in [4.69, 9.17) is 10.5 Å². The molecule has 4 saturated carbocycles. The van der Waals surface area contributed by atoms with Crippen molar-refractivity contribution in [2.75, 3.05) is 6.61 Å². The highest BCUT2D eigenvalue weighted by atomic mass is 16.5. The number of aliphatic hydroxyl groups is 6. The highest BCUT2D eigenvalue weighted by Gasteiger charge is 2.72. The maximum absolute atomic E-state index is 14.6. The lowest BCUT2D eigenvalue weighted by atomic mass is 9.42. The summed E-state index contributed by atoms with van der Waals surface area (Å²) >= 11 is 0. The van der Waals surface area contributed by atoms with Gasteiger partial charge in [-0.25, -0.2) is 0 Å². The second kappa shape index (κ2) is 15.4. The number of nitrogens with two attached hydrogens (primary N) is 2. The molecule has 316 valence electrons. The molecule has 6 aliphatic carbocycles. The van der Waals surface area contributed by atoms with Gasteiger partial charge in [-0.05, 0) is 136 Å². The van der Waals surface area contributed by atoms with Crippen LogP contribution in [-0.2, 0) is 9.53 Å². The number of hydrogen-bond acceptors (Lipinski definition) is 9. The standard InChI is InChI=1S/C46H74N2O8/c1-5-7-26-9-13-29-25(2)41(56-37(29)15-10-26)42(53)44(4,54)38-17-18-46(55)32-21-34(50)31-20-35(51)36(52)24-45(31)23-27(11-12-28(40(32)45)22-43(38,46)3)30-14-16-39(47)48-33(30)8-6-19-49/h11-12,21,25-31,33,35-42,48-49,51-55H,5-10,13-20,22-24,47H2,1-4H3/p+1. The van der Waals surface area contributed by atoms with Gasteiger partial charge < -0.3 is 40.7 Å². The Hall–Kier alpha value is -1.21. The van der Waals surface area contributed by atoms with Gasteiger partial charge in [-0.1, -0.05) is 52.2 Å². The van der Waals surface area contributed by atoms with Crippen molar-refractivity contribution in [2.24, 2.45) is 69.8 Å². The largest absolute Gasteiger partial charge is 0.396 e. The number of ketones is 1. The van der Waals surface area contributed by atoms with Gasteiger partial charge in [0.2, 0.25) is 0 Å². The van der Waals surface area contributed by atoms with Crippen LogP contribution in [0.1, 0.15) is 130 Å². The van der Waals surface area contributed by atoms with Crippen LogP contribution >= 0.6 is 0 Å². The van der Waals surface area contributed by atoms with Crippen LogP contribution in [0.5, 0.6) is 0 Å². The van der Waals surface area contributed by atoms with E-state index in [0.717, 1.165) is 50.0 Å². The van der Waals surface area contributed by atoms with Crippen LogP contribution in [0.3, 0.4) is 0 Å². The smallest absolute Gasteiger partial charge is 0.159 e. The van der Waals surface area contributed by atoms with E-state index in [-0.39, 0.29) is 66.7 Å². The summed E-state index contributed by atoms with van der Waals surface area (Å²) in [6.07, 6.45) is 15.8. The molecule has 1 spiro atoms. The van der Waals surface area contributed by atoms with Crippen molar-refractivity contribution in [3.8, 4) is 0 Å². The third-order valence-corrected chi connectivity index (χ3v) is 18.3. The second-order valence-corrected chi connectivity index (χ2v) is 21.1. The number of piperidine rings is 1. The molecule has 10 nitrogen and oxygen atoms in total. The number of rotatable bonds is 9. The Bertz CT molecular complexity index is 1520. The summed E-state index contributed by atoms with van der Waals surface area (Å²) in [5.74, 6) is 0.283. The summed E-state index contributed by atoms with van der Waals surface area (Å²) in [5.41, 5.74) is 2.76. The van der Waals surface area contributed by atoms with Gasteiger partial charge in [-0.15, -0.1) is 0 Å². The Morgan fingerprint density at radius 2 is 1.73 bits per heavy atom. The Kier molecular flexibility index (Phi) is 11.4. The molecular weight excluding hydrogens is 709 g/mol. The molecule has 2 aliphatic heterocycles. The molecule has 10 heteroatoms. The molecule has 0 aromatic heterocycles. The monoisotopic (exact) mass is 784 g/mol. The molecule has 0 amide bonds. The van der Waals surface area contributed by atoms with Crippen molar-refractivity contribution in [1.82, 2.24) is 0 Å². The number of ether oxygens (including phenoxy) is 1. The Morgan fingerprint density at radius 1 is 1.00 bits per heavy atom. The summed E-state index contributed by atoms with van der Waals surface area (Å²) in [4.78, 5) is 14.6. The SMILES string of the molecule is CCCC1CCC2OC(C(O)C(C)(O)C3CCC4(O)C5=CC(=O)C6CC(O)C(O)CC67CC(C6CCC(N)[NH2+]C6CCCO)C=CC(CC34C)C57)C(C)C2CC1. The van der Waals surface area contributed by atoms with Gasteiger partial charge in [0.1, 0.15) is 12.3 Å². The maximum atomic E-state index is 14.6. The van der Waals surface area contributed by atoms with Crippen LogP contribution in [-0.4, -0.2) is 97.0 Å². The van der Waals surface area contributed by atoms with Gasteiger partial charge in [0.05, 0.1) is 41.7 Å². The first-order valence-electron chi connectivity index (χ1n) is 22.9. The molecule has 10 N–H and O–H groups in total. The van der Waals surface area contributed by atoms with Crippen LogP contribution in [0.2, 0.25) is 0 Å². The van der Waals surface area contributed by atoms with Crippen LogP contribution in [0.4, 0.5) is 0 Å². The molecule has 6 fully saturated rings. The van der Waals surface area contributed by atoms with E-state index in [1.165, 1.54) is 19.3 Å². The van der Waals surface area contributed by atoms with Crippen LogP contribution in [0.25, 0.3) is 0 Å². The fourth-order valence-electron chi connectivity index (χ4n) is 15.6. The lowest BCUT2D eigenvalue weighted by Gasteiger charge is -2.63. The van der Waals surface area contributed by atoms with Crippen molar-refractivity contribution >= 4 is 5.78 Å². The summed E-state index contributed by atoms with van der Waals surface area (Å²) in [6, 6.07) is 0.220. The predicted molar refractivity (Wildman–Crippen MR) is 212 cm³/mol. The molecule has 0 aromatic carbocycles. The number of carbonyl (C=O) groups excluding carboxylic acids is 1. The van der Waals surface area contributed by atoms with E-state index in [1.54, 1.807) is 13.0 Å². The third-order valence-electron chi connectivity index (χ3n) is 18.3. The first-order chi connectivity index (χ1) is 26.6. The zero-order valence-electron chi connectivity index (χ0n) is 34.6. The van der Waals surface area contributed by atoms with Crippen molar-refractivity contribution in [3.05, 3.63) is 23.8 Å². The summed E-state index contributed by atoms with van der Waals surface area (Å²) in [6.45, 7) is 8.42. The van der Waals surface area contributed by atoms with E-state index < -0.39 is 58.3 Å².